The van der Waals surface area contributed by atoms with Gasteiger partial charge in [-0.1, -0.05) is 40.2 Å². The van der Waals surface area contributed by atoms with E-state index in [1.54, 1.807) is 12.1 Å². The summed E-state index contributed by atoms with van der Waals surface area (Å²) >= 11 is 2.95. The van der Waals surface area contributed by atoms with E-state index in [4.69, 9.17) is 0 Å². The van der Waals surface area contributed by atoms with Crippen LogP contribution in [0.3, 0.4) is 0 Å². The molecule has 0 fully saturated rings. The largest absolute Gasteiger partial charge is 0.408 e. The molecule has 104 valence electrons. The van der Waals surface area contributed by atoms with Gasteiger partial charge < -0.3 is 4.90 Å². The van der Waals surface area contributed by atoms with Gasteiger partial charge in [0, 0.05) is 6.54 Å². The van der Waals surface area contributed by atoms with Crippen LogP contribution in [0.2, 0.25) is 0 Å². The third-order valence-corrected chi connectivity index (χ3v) is 3.81. The van der Waals surface area contributed by atoms with Crippen molar-refractivity contribution in [2.24, 2.45) is 0 Å². The molecule has 1 amide bonds. The van der Waals surface area contributed by atoms with E-state index < -0.39 is 18.1 Å². The van der Waals surface area contributed by atoms with E-state index in [-0.39, 0.29) is 18.3 Å². The van der Waals surface area contributed by atoms with E-state index >= 15 is 0 Å². The first-order valence-corrected chi connectivity index (χ1v) is 7.04. The Hall–Kier alpha value is -1.04. The maximum absolute atomic E-state index is 13.1. The molecule has 0 N–H and O–H groups in total. The Balaban J connectivity index is 2.36. The molecular weight excluding hydrogens is 323 g/mol. The zero-order valence-corrected chi connectivity index (χ0v) is 11.7. The van der Waals surface area contributed by atoms with Crippen molar-refractivity contribution in [3.05, 3.63) is 35.4 Å². The summed E-state index contributed by atoms with van der Waals surface area (Å²) in [5.74, 6) is -0.529. The smallest absolute Gasteiger partial charge is 0.326 e. The minimum atomic E-state index is -4.39. The predicted octanol–water partition coefficient (Wildman–Crippen LogP) is 3.29. The molecule has 0 bridgehead atoms. The van der Waals surface area contributed by atoms with Crippen LogP contribution in [-0.2, 0) is 17.8 Å². The number of hydrogen-bond donors (Lipinski definition) is 0. The number of rotatable bonds is 1. The summed E-state index contributed by atoms with van der Waals surface area (Å²) in [6.07, 6.45) is -4.13. The molecule has 1 atom stereocenters. The van der Waals surface area contributed by atoms with Gasteiger partial charge in [-0.2, -0.15) is 13.2 Å². The Bertz CT molecular complexity index is 475. The van der Waals surface area contributed by atoms with Crippen molar-refractivity contribution in [1.29, 1.82) is 0 Å². The number of carbonyl (C=O) groups excluding carboxylic acids is 1. The monoisotopic (exact) mass is 335 g/mol. The summed E-state index contributed by atoms with van der Waals surface area (Å²) in [5.41, 5.74) is 1.69. The molecule has 0 aliphatic carbocycles. The van der Waals surface area contributed by atoms with Crippen molar-refractivity contribution < 1.29 is 18.0 Å². The van der Waals surface area contributed by atoms with Gasteiger partial charge in [-0.25, -0.2) is 0 Å². The van der Waals surface area contributed by atoms with Gasteiger partial charge in [-0.05, 0) is 24.0 Å². The van der Waals surface area contributed by atoms with Crippen molar-refractivity contribution >= 4 is 21.8 Å². The first-order chi connectivity index (χ1) is 8.93. The average Bonchev–Trinajstić information content (AvgIpc) is 2.56. The maximum atomic E-state index is 13.1. The van der Waals surface area contributed by atoms with Gasteiger partial charge in [-0.15, -0.1) is 0 Å². The molecule has 6 heteroatoms. The fourth-order valence-electron chi connectivity index (χ4n) is 2.38. The lowest BCUT2D eigenvalue weighted by molar-refractivity contribution is -0.190. The number of halogens is 4. The van der Waals surface area contributed by atoms with Crippen molar-refractivity contribution in [3.63, 3.8) is 0 Å². The summed E-state index contributed by atoms with van der Waals surface area (Å²) in [6, 6.07) is 5.49. The van der Waals surface area contributed by atoms with Crippen LogP contribution in [0.4, 0.5) is 13.2 Å². The Morgan fingerprint density at radius 1 is 1.32 bits per heavy atom. The molecule has 1 aliphatic rings. The second kappa shape index (κ2) is 5.53. The predicted molar refractivity (Wildman–Crippen MR) is 69.0 cm³/mol. The lowest BCUT2D eigenvalue weighted by Crippen LogP contribution is -2.48. The van der Waals surface area contributed by atoms with E-state index in [2.05, 4.69) is 15.9 Å². The molecule has 0 aromatic heterocycles. The number of benzene rings is 1. The first-order valence-electron chi connectivity index (χ1n) is 5.92. The number of aryl methyl sites for hydroxylation is 1. The van der Waals surface area contributed by atoms with Crippen LogP contribution in [0.15, 0.2) is 24.3 Å². The Morgan fingerprint density at radius 2 is 1.95 bits per heavy atom. The van der Waals surface area contributed by atoms with Crippen LogP contribution in [0.25, 0.3) is 0 Å². The van der Waals surface area contributed by atoms with Crippen molar-refractivity contribution in [2.45, 2.75) is 31.6 Å². The van der Waals surface area contributed by atoms with E-state index in [9.17, 15) is 18.0 Å². The van der Waals surface area contributed by atoms with Crippen LogP contribution in [0, 0.1) is 0 Å². The van der Waals surface area contributed by atoms with E-state index in [0.717, 1.165) is 16.0 Å². The molecule has 1 aliphatic heterocycles. The third-order valence-electron chi connectivity index (χ3n) is 3.33. The second-order valence-electron chi connectivity index (χ2n) is 4.52. The zero-order valence-electron chi connectivity index (χ0n) is 10.1. The summed E-state index contributed by atoms with van der Waals surface area (Å²) in [6.45, 7) is 0.0186. The van der Waals surface area contributed by atoms with Gasteiger partial charge >= 0.3 is 6.18 Å². The Kier molecular flexibility index (Phi) is 4.18. The number of alkyl halides is 4. The highest BCUT2D eigenvalue weighted by Crippen LogP contribution is 2.33. The van der Waals surface area contributed by atoms with Crippen LogP contribution < -0.4 is 0 Å². The quantitative estimate of drug-likeness (QED) is 0.721. The topological polar surface area (TPSA) is 20.3 Å². The van der Waals surface area contributed by atoms with Crippen LogP contribution in [0.1, 0.15) is 17.5 Å². The van der Waals surface area contributed by atoms with Crippen molar-refractivity contribution in [3.8, 4) is 0 Å². The number of amides is 1. The molecule has 2 nitrogen and oxygen atoms in total. The van der Waals surface area contributed by atoms with E-state index in [0.29, 0.717) is 6.42 Å². The molecule has 1 aromatic carbocycles. The van der Waals surface area contributed by atoms with Gasteiger partial charge in [-0.3, -0.25) is 4.79 Å². The van der Waals surface area contributed by atoms with Crippen LogP contribution in [-0.4, -0.2) is 28.4 Å². The molecule has 0 saturated heterocycles. The maximum Gasteiger partial charge on any atom is 0.408 e. The molecule has 1 aromatic rings. The Morgan fingerprint density at radius 3 is 2.53 bits per heavy atom. The highest BCUT2D eigenvalue weighted by atomic mass is 79.9. The number of carbonyl (C=O) groups is 1. The highest BCUT2D eigenvalue weighted by Gasteiger charge is 2.45. The third kappa shape index (κ3) is 3.11. The average molecular weight is 336 g/mol. The molecular formula is C13H13BrF3NO. The minimum Gasteiger partial charge on any atom is -0.326 e. The van der Waals surface area contributed by atoms with Gasteiger partial charge in [0.1, 0.15) is 6.04 Å². The van der Waals surface area contributed by atoms with Gasteiger partial charge in [0.15, 0.2) is 0 Å². The van der Waals surface area contributed by atoms with Gasteiger partial charge in [0.05, 0.1) is 5.33 Å². The number of fused-ring (bicyclic) bond motifs is 1. The van der Waals surface area contributed by atoms with E-state index in [1.807, 2.05) is 12.1 Å². The van der Waals surface area contributed by atoms with Crippen LogP contribution >= 0.6 is 15.9 Å². The first kappa shape index (κ1) is 14.4. The van der Waals surface area contributed by atoms with Gasteiger partial charge in [0.25, 0.3) is 0 Å². The minimum absolute atomic E-state index is 0.0186. The molecule has 0 spiro atoms. The molecule has 0 saturated carbocycles. The normalized spacial score (nSPS) is 19.8. The molecule has 1 heterocycles. The number of hydrogen-bond acceptors (Lipinski definition) is 1. The summed E-state index contributed by atoms with van der Waals surface area (Å²) < 4.78 is 39.2. The molecule has 0 radical (unpaired) electrons. The zero-order chi connectivity index (χ0) is 14.0. The lowest BCUT2D eigenvalue weighted by atomic mass is 10.0. The standard InChI is InChI=1S/C13H13BrF3NO/c14-7-12(19)18-8-10-4-2-1-3-9(10)5-6-11(18)13(15,16)17/h1-4,11H,5-8H2. The molecule has 19 heavy (non-hydrogen) atoms. The molecule has 1 unspecified atom stereocenters. The second-order valence-corrected chi connectivity index (χ2v) is 5.08. The summed E-state index contributed by atoms with van der Waals surface area (Å²) in [4.78, 5) is 12.7. The van der Waals surface area contributed by atoms with Gasteiger partial charge in [0.2, 0.25) is 5.91 Å². The SMILES string of the molecule is O=C(CBr)N1Cc2ccccc2CCC1C(F)(F)F. The molecule has 2 rings (SSSR count). The number of nitrogens with zero attached hydrogens (tertiary/aromatic N) is 1. The van der Waals surface area contributed by atoms with Crippen molar-refractivity contribution in [1.82, 2.24) is 4.90 Å². The van der Waals surface area contributed by atoms with E-state index in [1.165, 1.54) is 0 Å². The summed E-state index contributed by atoms with van der Waals surface area (Å²) in [7, 11) is 0. The Labute approximate surface area is 117 Å². The summed E-state index contributed by atoms with van der Waals surface area (Å²) in [5, 5.41) is -0.0955. The van der Waals surface area contributed by atoms with Crippen LogP contribution in [0.5, 0.6) is 0 Å². The fraction of sp³-hybridized carbons (Fsp3) is 0.462. The lowest BCUT2D eigenvalue weighted by Gasteiger charge is -2.31. The fourth-order valence-corrected chi connectivity index (χ4v) is 2.70. The highest BCUT2D eigenvalue weighted by molar-refractivity contribution is 9.09. The van der Waals surface area contributed by atoms with Crippen molar-refractivity contribution in [2.75, 3.05) is 5.33 Å².